The van der Waals surface area contributed by atoms with Gasteiger partial charge in [-0.1, -0.05) is 26.7 Å². The molecular formula is C15H25N3O2S. The van der Waals surface area contributed by atoms with Crippen molar-refractivity contribution in [2.75, 3.05) is 11.1 Å². The smallest absolute Gasteiger partial charge is 0.238 e. The lowest BCUT2D eigenvalue weighted by molar-refractivity contribution is 0.253. The third-order valence-electron chi connectivity index (χ3n) is 4.74. The number of nitrogens with one attached hydrogen (secondary N) is 1. The Hall–Kier alpha value is -1.27. The van der Waals surface area contributed by atoms with E-state index in [1.807, 2.05) is 0 Å². The molecule has 2 rings (SSSR count). The normalized spacial score (nSPS) is 26.6. The topological polar surface area (TPSA) is 98.2 Å². The number of primary sulfonamides is 1. The lowest BCUT2D eigenvalue weighted by Crippen LogP contribution is -2.35. The number of hydrogen-bond donors (Lipinski definition) is 3. The van der Waals surface area contributed by atoms with E-state index in [-0.39, 0.29) is 4.90 Å². The van der Waals surface area contributed by atoms with E-state index in [0.717, 1.165) is 12.1 Å². The molecule has 0 aromatic heterocycles. The molecule has 21 heavy (non-hydrogen) atoms. The molecule has 1 fully saturated rings. The standard InChI is InChI=1S/C15H25N3O2S/c1-9-5-4-6-13(10(9)2)18-14-7-12(16)8-15(11(14)3)21(17,19)20/h7-10,13,18H,4-6,16H2,1-3H3,(H2,17,19,20). The molecule has 0 bridgehead atoms. The van der Waals surface area contributed by atoms with Crippen molar-refractivity contribution in [2.24, 2.45) is 17.0 Å². The highest BCUT2D eigenvalue weighted by molar-refractivity contribution is 7.89. The highest BCUT2D eigenvalue weighted by atomic mass is 32.2. The summed E-state index contributed by atoms with van der Waals surface area (Å²) in [6, 6.07) is 3.54. The van der Waals surface area contributed by atoms with Crippen molar-refractivity contribution >= 4 is 21.4 Å². The van der Waals surface area contributed by atoms with Gasteiger partial charge < -0.3 is 11.1 Å². The average Bonchev–Trinajstić information content (AvgIpc) is 2.37. The van der Waals surface area contributed by atoms with Crippen LogP contribution < -0.4 is 16.2 Å². The van der Waals surface area contributed by atoms with Crippen molar-refractivity contribution < 1.29 is 8.42 Å². The van der Waals surface area contributed by atoms with Crippen LogP contribution in [0.3, 0.4) is 0 Å². The minimum atomic E-state index is -3.76. The molecule has 1 aliphatic rings. The first-order valence-electron chi connectivity index (χ1n) is 7.39. The summed E-state index contributed by atoms with van der Waals surface area (Å²) in [5.74, 6) is 1.20. The Morgan fingerprint density at radius 3 is 2.52 bits per heavy atom. The average molecular weight is 311 g/mol. The summed E-state index contributed by atoms with van der Waals surface area (Å²) >= 11 is 0. The summed E-state index contributed by atoms with van der Waals surface area (Å²) < 4.78 is 23.3. The van der Waals surface area contributed by atoms with Gasteiger partial charge in [0.05, 0.1) is 4.90 Å². The van der Waals surface area contributed by atoms with Crippen LogP contribution in [-0.2, 0) is 10.0 Å². The minimum Gasteiger partial charge on any atom is -0.399 e. The zero-order chi connectivity index (χ0) is 15.8. The molecular weight excluding hydrogens is 286 g/mol. The van der Waals surface area contributed by atoms with E-state index >= 15 is 0 Å². The zero-order valence-electron chi connectivity index (χ0n) is 12.9. The van der Waals surface area contributed by atoms with Crippen LogP contribution in [0.4, 0.5) is 11.4 Å². The van der Waals surface area contributed by atoms with Gasteiger partial charge in [0.1, 0.15) is 0 Å². The third kappa shape index (κ3) is 3.49. The van der Waals surface area contributed by atoms with E-state index in [4.69, 9.17) is 10.9 Å². The molecule has 118 valence electrons. The molecule has 0 spiro atoms. The quantitative estimate of drug-likeness (QED) is 0.747. The summed E-state index contributed by atoms with van der Waals surface area (Å²) in [7, 11) is -3.76. The Bertz CT molecular complexity index is 628. The largest absolute Gasteiger partial charge is 0.399 e. The minimum absolute atomic E-state index is 0.0986. The van der Waals surface area contributed by atoms with Gasteiger partial charge in [-0.25, -0.2) is 13.6 Å². The maximum absolute atomic E-state index is 11.7. The number of nitrogen functional groups attached to an aromatic ring is 1. The summed E-state index contributed by atoms with van der Waals surface area (Å²) in [4.78, 5) is 0.0986. The molecule has 3 unspecified atom stereocenters. The molecule has 5 N–H and O–H groups in total. The first-order valence-corrected chi connectivity index (χ1v) is 8.94. The molecule has 3 atom stereocenters. The lowest BCUT2D eigenvalue weighted by Gasteiger charge is -2.35. The highest BCUT2D eigenvalue weighted by Crippen LogP contribution is 2.34. The molecule has 0 aliphatic heterocycles. The van der Waals surface area contributed by atoms with E-state index < -0.39 is 10.0 Å². The van der Waals surface area contributed by atoms with Gasteiger partial charge in [-0.3, -0.25) is 0 Å². The Morgan fingerprint density at radius 1 is 1.24 bits per heavy atom. The molecule has 1 aromatic rings. The van der Waals surface area contributed by atoms with Gasteiger partial charge in [0.2, 0.25) is 10.0 Å². The van der Waals surface area contributed by atoms with Crippen molar-refractivity contribution in [3.05, 3.63) is 17.7 Å². The van der Waals surface area contributed by atoms with Gasteiger partial charge in [0.15, 0.2) is 0 Å². The fraction of sp³-hybridized carbons (Fsp3) is 0.600. The summed E-state index contributed by atoms with van der Waals surface area (Å²) in [6.07, 6.45) is 3.52. The molecule has 0 amide bonds. The first-order chi connectivity index (χ1) is 9.70. The molecule has 1 aromatic carbocycles. The highest BCUT2D eigenvalue weighted by Gasteiger charge is 2.27. The van der Waals surface area contributed by atoms with E-state index in [1.54, 1.807) is 13.0 Å². The van der Waals surface area contributed by atoms with Crippen molar-refractivity contribution in [2.45, 2.75) is 51.0 Å². The molecule has 0 radical (unpaired) electrons. The van der Waals surface area contributed by atoms with Crippen LogP contribution >= 0.6 is 0 Å². The van der Waals surface area contributed by atoms with Crippen LogP contribution in [0, 0.1) is 18.8 Å². The molecule has 5 nitrogen and oxygen atoms in total. The van der Waals surface area contributed by atoms with Crippen LogP contribution in [0.5, 0.6) is 0 Å². The fourth-order valence-electron chi connectivity index (χ4n) is 3.14. The van der Waals surface area contributed by atoms with Crippen molar-refractivity contribution in [1.29, 1.82) is 0 Å². The predicted octanol–water partition coefficient (Wildman–Crippen LogP) is 2.46. The molecule has 6 heteroatoms. The van der Waals surface area contributed by atoms with Crippen LogP contribution in [0.1, 0.15) is 38.7 Å². The summed E-state index contributed by atoms with van der Waals surface area (Å²) in [5.41, 5.74) is 7.64. The number of sulfonamides is 1. The van der Waals surface area contributed by atoms with Gasteiger partial charge in [0.25, 0.3) is 0 Å². The van der Waals surface area contributed by atoms with Gasteiger partial charge in [-0.2, -0.15) is 0 Å². The van der Waals surface area contributed by atoms with E-state index in [2.05, 4.69) is 19.2 Å². The molecule has 1 saturated carbocycles. The van der Waals surface area contributed by atoms with Crippen molar-refractivity contribution in [3.63, 3.8) is 0 Å². The number of anilines is 2. The second kappa shape index (κ2) is 5.85. The monoisotopic (exact) mass is 311 g/mol. The fourth-order valence-corrected chi connectivity index (χ4v) is 3.98. The van der Waals surface area contributed by atoms with E-state index in [1.165, 1.54) is 18.9 Å². The van der Waals surface area contributed by atoms with Crippen molar-refractivity contribution in [3.8, 4) is 0 Å². The Kier molecular flexibility index (Phi) is 4.49. The van der Waals surface area contributed by atoms with Gasteiger partial charge >= 0.3 is 0 Å². The van der Waals surface area contributed by atoms with Gasteiger partial charge in [-0.15, -0.1) is 0 Å². The third-order valence-corrected chi connectivity index (χ3v) is 5.77. The van der Waals surface area contributed by atoms with Crippen LogP contribution in [0.15, 0.2) is 17.0 Å². The van der Waals surface area contributed by atoms with Crippen molar-refractivity contribution in [1.82, 2.24) is 0 Å². The second-order valence-corrected chi connectivity index (χ2v) is 7.78. The van der Waals surface area contributed by atoms with Crippen LogP contribution in [-0.4, -0.2) is 14.5 Å². The number of benzene rings is 1. The molecule has 0 heterocycles. The van der Waals surface area contributed by atoms with Gasteiger partial charge in [-0.05, 0) is 42.9 Å². The molecule has 1 aliphatic carbocycles. The number of hydrogen-bond acceptors (Lipinski definition) is 4. The Labute approximate surface area is 127 Å². The summed E-state index contributed by atoms with van der Waals surface area (Å²) in [5, 5.41) is 8.75. The Balaban J connectivity index is 2.34. The number of rotatable bonds is 3. The van der Waals surface area contributed by atoms with E-state index in [0.29, 0.717) is 29.1 Å². The maximum atomic E-state index is 11.7. The van der Waals surface area contributed by atoms with Gasteiger partial charge in [0, 0.05) is 17.4 Å². The lowest BCUT2D eigenvalue weighted by atomic mass is 9.78. The number of nitrogens with two attached hydrogens (primary N) is 2. The zero-order valence-corrected chi connectivity index (χ0v) is 13.7. The van der Waals surface area contributed by atoms with Crippen LogP contribution in [0.25, 0.3) is 0 Å². The maximum Gasteiger partial charge on any atom is 0.238 e. The molecule has 0 saturated heterocycles. The van der Waals surface area contributed by atoms with E-state index in [9.17, 15) is 8.42 Å². The predicted molar refractivity (Wildman–Crippen MR) is 86.6 cm³/mol. The van der Waals surface area contributed by atoms with Crippen LogP contribution in [0.2, 0.25) is 0 Å². The Morgan fingerprint density at radius 2 is 1.90 bits per heavy atom. The second-order valence-electron chi connectivity index (χ2n) is 6.25. The first kappa shape index (κ1) is 16.1. The summed E-state index contributed by atoms with van der Waals surface area (Å²) in [6.45, 7) is 6.27. The SMILES string of the molecule is Cc1c(NC2CCCC(C)C2C)cc(N)cc1S(N)(=O)=O.